The topological polar surface area (TPSA) is 38.7 Å². The van der Waals surface area contributed by atoms with Crippen molar-refractivity contribution in [2.24, 2.45) is 0 Å². The fourth-order valence-corrected chi connectivity index (χ4v) is 1.48. The Bertz CT molecular complexity index is 286. The second-order valence-electron chi connectivity index (χ2n) is 3.10. The van der Waals surface area contributed by atoms with Gasteiger partial charge in [0.15, 0.2) is 0 Å². The van der Waals surface area contributed by atoms with Crippen molar-refractivity contribution in [2.75, 3.05) is 19.8 Å². The molecule has 0 unspecified atom stereocenters. The molecule has 0 amide bonds. The predicted molar refractivity (Wildman–Crippen MR) is 59.1 cm³/mol. The van der Waals surface area contributed by atoms with E-state index in [4.69, 9.17) is 9.47 Å². The van der Waals surface area contributed by atoms with Crippen LogP contribution < -0.4 is 4.74 Å². The summed E-state index contributed by atoms with van der Waals surface area (Å²) in [6, 6.07) is 7.64. The molecule has 0 heterocycles. The maximum atomic E-state index is 9.22. The smallest absolute Gasteiger partial charge is 0.125 e. The molecular formula is C12H18O3. The van der Waals surface area contributed by atoms with Gasteiger partial charge in [-0.15, -0.1) is 0 Å². The van der Waals surface area contributed by atoms with Crippen molar-refractivity contribution >= 4 is 0 Å². The number of hydrogen-bond donors (Lipinski definition) is 1. The van der Waals surface area contributed by atoms with Crippen LogP contribution in [0, 0.1) is 0 Å². The Morgan fingerprint density at radius 1 is 1.20 bits per heavy atom. The fourth-order valence-electron chi connectivity index (χ4n) is 1.48. The first-order valence-electron chi connectivity index (χ1n) is 5.27. The van der Waals surface area contributed by atoms with Crippen LogP contribution in [0.5, 0.6) is 5.75 Å². The van der Waals surface area contributed by atoms with Gasteiger partial charge in [0, 0.05) is 12.2 Å². The summed E-state index contributed by atoms with van der Waals surface area (Å²) in [4.78, 5) is 0. The molecule has 0 bridgehead atoms. The molecule has 3 heteroatoms. The third-order valence-corrected chi connectivity index (χ3v) is 2.10. The van der Waals surface area contributed by atoms with Gasteiger partial charge in [0.05, 0.1) is 13.2 Å². The highest BCUT2D eigenvalue weighted by molar-refractivity contribution is 5.35. The molecule has 0 radical (unpaired) electrons. The quantitative estimate of drug-likeness (QED) is 0.782. The van der Waals surface area contributed by atoms with Crippen LogP contribution in [-0.2, 0) is 4.74 Å². The molecule has 0 aromatic heterocycles. The zero-order chi connectivity index (χ0) is 11.1. The van der Waals surface area contributed by atoms with Crippen molar-refractivity contribution < 1.29 is 14.6 Å². The van der Waals surface area contributed by atoms with Gasteiger partial charge in [-0.3, -0.25) is 0 Å². The Morgan fingerprint density at radius 3 is 2.53 bits per heavy atom. The van der Waals surface area contributed by atoms with E-state index in [1.54, 1.807) is 0 Å². The molecule has 15 heavy (non-hydrogen) atoms. The molecule has 0 spiro atoms. The van der Waals surface area contributed by atoms with Crippen molar-refractivity contribution in [3.05, 3.63) is 29.8 Å². The van der Waals surface area contributed by atoms with E-state index in [1.165, 1.54) is 0 Å². The van der Waals surface area contributed by atoms with Crippen LogP contribution in [0.4, 0.5) is 0 Å². The van der Waals surface area contributed by atoms with Crippen LogP contribution in [0.1, 0.15) is 25.5 Å². The Balaban J connectivity index is 2.88. The van der Waals surface area contributed by atoms with E-state index in [-0.39, 0.29) is 12.7 Å². The van der Waals surface area contributed by atoms with E-state index < -0.39 is 0 Å². The number of aliphatic hydroxyl groups is 1. The lowest BCUT2D eigenvalue weighted by molar-refractivity contribution is 0.0173. The summed E-state index contributed by atoms with van der Waals surface area (Å²) in [6.07, 6.45) is -0.294. The summed E-state index contributed by atoms with van der Waals surface area (Å²) in [5.74, 6) is 0.785. The summed E-state index contributed by atoms with van der Waals surface area (Å²) in [6.45, 7) is 5.00. The van der Waals surface area contributed by atoms with E-state index in [0.29, 0.717) is 13.2 Å². The first kappa shape index (κ1) is 12.0. The van der Waals surface area contributed by atoms with Crippen LogP contribution in [0.25, 0.3) is 0 Å². The monoisotopic (exact) mass is 210 g/mol. The Kier molecular flexibility index (Phi) is 5.15. The largest absolute Gasteiger partial charge is 0.493 e. The molecule has 0 aliphatic heterocycles. The Labute approximate surface area is 90.6 Å². The molecule has 1 atom stereocenters. The number of rotatable bonds is 6. The zero-order valence-corrected chi connectivity index (χ0v) is 9.27. The van der Waals surface area contributed by atoms with E-state index in [1.807, 2.05) is 38.1 Å². The van der Waals surface area contributed by atoms with E-state index in [2.05, 4.69) is 0 Å². The molecule has 0 saturated heterocycles. The molecule has 0 aliphatic carbocycles. The highest BCUT2D eigenvalue weighted by Crippen LogP contribution is 2.27. The molecule has 0 aliphatic rings. The SMILES string of the molecule is CCOc1ccccc1[C@H](CO)OCC. The van der Waals surface area contributed by atoms with E-state index in [0.717, 1.165) is 11.3 Å². The van der Waals surface area contributed by atoms with Gasteiger partial charge >= 0.3 is 0 Å². The lowest BCUT2D eigenvalue weighted by Crippen LogP contribution is -2.10. The Hall–Kier alpha value is -1.06. The van der Waals surface area contributed by atoms with Crippen LogP contribution in [0.3, 0.4) is 0 Å². The maximum Gasteiger partial charge on any atom is 0.125 e. The van der Waals surface area contributed by atoms with Gasteiger partial charge in [-0.25, -0.2) is 0 Å². The van der Waals surface area contributed by atoms with Gasteiger partial charge in [0.2, 0.25) is 0 Å². The normalized spacial score (nSPS) is 12.5. The van der Waals surface area contributed by atoms with Crippen LogP contribution >= 0.6 is 0 Å². The Morgan fingerprint density at radius 2 is 1.93 bits per heavy atom. The molecule has 84 valence electrons. The number of hydrogen-bond acceptors (Lipinski definition) is 3. The molecule has 3 nitrogen and oxygen atoms in total. The molecule has 1 aromatic carbocycles. The molecule has 1 aromatic rings. The molecule has 0 saturated carbocycles. The summed E-state index contributed by atoms with van der Waals surface area (Å²) in [5, 5.41) is 9.22. The highest BCUT2D eigenvalue weighted by atomic mass is 16.5. The van der Waals surface area contributed by atoms with Crippen LogP contribution in [0.15, 0.2) is 24.3 Å². The molecule has 1 rings (SSSR count). The minimum Gasteiger partial charge on any atom is -0.493 e. The minimum atomic E-state index is -0.294. The summed E-state index contributed by atoms with van der Waals surface area (Å²) in [7, 11) is 0. The lowest BCUT2D eigenvalue weighted by atomic mass is 10.1. The average Bonchev–Trinajstić information content (AvgIpc) is 2.27. The maximum absolute atomic E-state index is 9.22. The number of para-hydroxylation sites is 1. The highest BCUT2D eigenvalue weighted by Gasteiger charge is 2.14. The zero-order valence-electron chi connectivity index (χ0n) is 9.27. The second-order valence-corrected chi connectivity index (χ2v) is 3.10. The van der Waals surface area contributed by atoms with Crippen LogP contribution in [-0.4, -0.2) is 24.9 Å². The summed E-state index contributed by atoms with van der Waals surface area (Å²) >= 11 is 0. The van der Waals surface area contributed by atoms with Crippen molar-refractivity contribution in [3.8, 4) is 5.75 Å². The lowest BCUT2D eigenvalue weighted by Gasteiger charge is -2.18. The standard InChI is InChI=1S/C12H18O3/c1-3-14-11-8-6-5-7-10(11)12(9-13)15-4-2/h5-8,12-13H,3-4,9H2,1-2H3/t12-/m0/s1. The third-order valence-electron chi connectivity index (χ3n) is 2.10. The number of ether oxygens (including phenoxy) is 2. The number of aliphatic hydroxyl groups excluding tert-OH is 1. The van der Waals surface area contributed by atoms with E-state index in [9.17, 15) is 5.11 Å². The first-order chi connectivity index (χ1) is 7.33. The average molecular weight is 210 g/mol. The van der Waals surface area contributed by atoms with Crippen LogP contribution in [0.2, 0.25) is 0 Å². The van der Waals surface area contributed by atoms with Gasteiger partial charge in [-0.05, 0) is 19.9 Å². The fraction of sp³-hybridized carbons (Fsp3) is 0.500. The van der Waals surface area contributed by atoms with Gasteiger partial charge in [-0.2, -0.15) is 0 Å². The molecule has 1 N–H and O–H groups in total. The van der Waals surface area contributed by atoms with Crippen molar-refractivity contribution in [3.63, 3.8) is 0 Å². The van der Waals surface area contributed by atoms with Gasteiger partial charge in [0.1, 0.15) is 11.9 Å². The number of benzene rings is 1. The van der Waals surface area contributed by atoms with E-state index >= 15 is 0 Å². The van der Waals surface area contributed by atoms with Crippen molar-refractivity contribution in [1.29, 1.82) is 0 Å². The third kappa shape index (κ3) is 3.22. The second kappa shape index (κ2) is 6.43. The predicted octanol–water partition coefficient (Wildman–Crippen LogP) is 2.16. The van der Waals surface area contributed by atoms with Gasteiger partial charge in [0.25, 0.3) is 0 Å². The van der Waals surface area contributed by atoms with Crippen molar-refractivity contribution in [2.45, 2.75) is 20.0 Å². The summed E-state index contributed by atoms with van der Waals surface area (Å²) in [5.41, 5.74) is 0.906. The van der Waals surface area contributed by atoms with Gasteiger partial charge < -0.3 is 14.6 Å². The summed E-state index contributed by atoms with van der Waals surface area (Å²) < 4.78 is 10.9. The van der Waals surface area contributed by atoms with Crippen molar-refractivity contribution in [1.82, 2.24) is 0 Å². The molecular weight excluding hydrogens is 192 g/mol. The molecule has 0 fully saturated rings. The minimum absolute atomic E-state index is 0.0298. The van der Waals surface area contributed by atoms with Gasteiger partial charge in [-0.1, -0.05) is 18.2 Å². The first-order valence-corrected chi connectivity index (χ1v) is 5.27.